The molecule has 3 heterocycles. The van der Waals surface area contributed by atoms with Crippen molar-refractivity contribution in [2.24, 2.45) is 0 Å². The summed E-state index contributed by atoms with van der Waals surface area (Å²) in [5.41, 5.74) is 2.26. The fraction of sp³-hybridized carbons (Fsp3) is 0.304. The molecule has 5 rings (SSSR count). The van der Waals surface area contributed by atoms with Gasteiger partial charge in [0.1, 0.15) is 17.8 Å². The largest absolute Gasteiger partial charge is 0.497 e. The molecule has 9 heteroatoms. The zero-order valence-electron chi connectivity index (χ0n) is 18.0. The zero-order chi connectivity index (χ0) is 22.1. The Labute approximate surface area is 190 Å². The molecule has 0 amide bonds. The Morgan fingerprint density at radius 2 is 1.72 bits per heavy atom. The maximum atomic E-state index is 10.9. The number of aromatic nitrogens is 3. The van der Waals surface area contributed by atoms with Crippen LogP contribution in [0, 0.1) is 0 Å². The predicted octanol–water partition coefficient (Wildman–Crippen LogP) is 3.43. The van der Waals surface area contributed by atoms with Gasteiger partial charge in [-0.15, -0.1) is 0 Å². The standard InChI is InChI=1S/C23H25N5O3S/c1-30-18-8-6-17(7-9-18)26-10-12-27(13-11-26)20(16-4-3-5-19(14-16)31-2)21-22(29)28-23(32-21)24-15-25-28/h3-9,14-15,20,29H,10-13H2,1-2H3/t20-/m1/s1. The number of thiazole rings is 1. The number of anilines is 1. The maximum Gasteiger partial charge on any atom is 0.230 e. The third kappa shape index (κ3) is 3.74. The Bertz CT molecular complexity index is 1200. The Morgan fingerprint density at radius 1 is 0.969 bits per heavy atom. The van der Waals surface area contributed by atoms with Crippen LogP contribution in [0.2, 0.25) is 0 Å². The fourth-order valence-electron chi connectivity index (χ4n) is 4.24. The minimum atomic E-state index is -0.114. The lowest BCUT2D eigenvalue weighted by Crippen LogP contribution is -2.47. The van der Waals surface area contributed by atoms with Crippen molar-refractivity contribution in [3.8, 4) is 17.4 Å². The zero-order valence-corrected chi connectivity index (χ0v) is 18.8. The molecule has 0 radical (unpaired) electrons. The maximum absolute atomic E-state index is 10.9. The van der Waals surface area contributed by atoms with Crippen molar-refractivity contribution >= 4 is 22.0 Å². The Balaban J connectivity index is 1.44. The van der Waals surface area contributed by atoms with E-state index in [0.717, 1.165) is 48.1 Å². The van der Waals surface area contributed by atoms with Gasteiger partial charge >= 0.3 is 0 Å². The first-order valence-electron chi connectivity index (χ1n) is 10.5. The van der Waals surface area contributed by atoms with Gasteiger partial charge in [0.2, 0.25) is 10.8 Å². The quantitative estimate of drug-likeness (QED) is 0.481. The number of hydrogen-bond donors (Lipinski definition) is 1. The molecule has 0 spiro atoms. The summed E-state index contributed by atoms with van der Waals surface area (Å²) in [6.07, 6.45) is 1.46. The number of ether oxygens (including phenoxy) is 2. The predicted molar refractivity (Wildman–Crippen MR) is 124 cm³/mol. The van der Waals surface area contributed by atoms with Crippen LogP contribution in [0.4, 0.5) is 5.69 Å². The first-order chi connectivity index (χ1) is 15.7. The molecular formula is C23H25N5O3S. The van der Waals surface area contributed by atoms with Gasteiger partial charge in [0, 0.05) is 31.9 Å². The molecule has 0 aliphatic carbocycles. The summed E-state index contributed by atoms with van der Waals surface area (Å²) in [5.74, 6) is 1.80. The van der Waals surface area contributed by atoms with Gasteiger partial charge in [0.05, 0.1) is 25.1 Å². The molecule has 32 heavy (non-hydrogen) atoms. The highest BCUT2D eigenvalue weighted by molar-refractivity contribution is 7.17. The smallest absolute Gasteiger partial charge is 0.230 e. The van der Waals surface area contributed by atoms with E-state index in [0.29, 0.717) is 4.96 Å². The number of fused-ring (bicyclic) bond motifs is 1. The molecule has 4 aromatic rings. The first kappa shape index (κ1) is 20.6. The van der Waals surface area contributed by atoms with E-state index >= 15 is 0 Å². The lowest BCUT2D eigenvalue weighted by Gasteiger charge is -2.40. The Kier molecular flexibility index (Phi) is 5.59. The summed E-state index contributed by atoms with van der Waals surface area (Å²) in [7, 11) is 3.35. The molecule has 2 aromatic carbocycles. The third-order valence-electron chi connectivity index (χ3n) is 5.91. The normalized spacial score (nSPS) is 15.8. The summed E-state index contributed by atoms with van der Waals surface area (Å²) in [6.45, 7) is 3.46. The minimum absolute atomic E-state index is 0.114. The molecule has 166 valence electrons. The van der Waals surface area contributed by atoms with E-state index in [1.165, 1.54) is 27.9 Å². The third-order valence-corrected chi connectivity index (χ3v) is 7.00. The van der Waals surface area contributed by atoms with Crippen LogP contribution in [0.3, 0.4) is 0 Å². The molecule has 0 unspecified atom stereocenters. The van der Waals surface area contributed by atoms with Crippen molar-refractivity contribution in [3.63, 3.8) is 0 Å². The average molecular weight is 452 g/mol. The van der Waals surface area contributed by atoms with E-state index in [1.54, 1.807) is 14.2 Å². The molecule has 1 aliphatic rings. The molecule has 0 bridgehead atoms. The van der Waals surface area contributed by atoms with Crippen molar-refractivity contribution < 1.29 is 14.6 Å². The second-order valence-corrected chi connectivity index (χ2v) is 8.65. The van der Waals surface area contributed by atoms with E-state index in [2.05, 4.69) is 38.1 Å². The van der Waals surface area contributed by atoms with Crippen LogP contribution in [0.5, 0.6) is 17.4 Å². The second kappa shape index (κ2) is 8.68. The van der Waals surface area contributed by atoms with Gasteiger partial charge in [0.25, 0.3) is 0 Å². The summed E-state index contributed by atoms with van der Waals surface area (Å²) >= 11 is 1.47. The van der Waals surface area contributed by atoms with E-state index in [1.807, 2.05) is 30.3 Å². The number of benzene rings is 2. The van der Waals surface area contributed by atoms with Crippen molar-refractivity contribution in [1.82, 2.24) is 19.5 Å². The van der Waals surface area contributed by atoms with Crippen LogP contribution in [-0.2, 0) is 0 Å². The van der Waals surface area contributed by atoms with Gasteiger partial charge in [-0.3, -0.25) is 4.90 Å². The highest BCUT2D eigenvalue weighted by atomic mass is 32.1. The molecule has 0 saturated carbocycles. The number of rotatable bonds is 6. The van der Waals surface area contributed by atoms with Crippen molar-refractivity contribution in [2.75, 3.05) is 45.3 Å². The monoisotopic (exact) mass is 451 g/mol. The van der Waals surface area contributed by atoms with Gasteiger partial charge in [-0.05, 0) is 42.0 Å². The van der Waals surface area contributed by atoms with Crippen molar-refractivity contribution in [1.29, 1.82) is 0 Å². The minimum Gasteiger partial charge on any atom is -0.497 e. The summed E-state index contributed by atoms with van der Waals surface area (Å²) < 4.78 is 12.3. The molecular weight excluding hydrogens is 426 g/mol. The van der Waals surface area contributed by atoms with Crippen LogP contribution >= 0.6 is 11.3 Å². The molecule has 1 atom stereocenters. The molecule has 1 aliphatic heterocycles. The van der Waals surface area contributed by atoms with Crippen LogP contribution in [-0.4, -0.2) is 65.0 Å². The van der Waals surface area contributed by atoms with E-state index in [9.17, 15) is 5.11 Å². The van der Waals surface area contributed by atoms with Gasteiger partial charge in [0.15, 0.2) is 0 Å². The van der Waals surface area contributed by atoms with Crippen LogP contribution in [0.1, 0.15) is 16.5 Å². The fourth-order valence-corrected chi connectivity index (χ4v) is 5.33. The van der Waals surface area contributed by atoms with Crippen LogP contribution < -0.4 is 14.4 Å². The SMILES string of the molecule is COc1ccc(N2CCN([C@H](c3cccc(OC)c3)c3sc4ncnn4c3O)CC2)cc1. The summed E-state index contributed by atoms with van der Waals surface area (Å²) in [5, 5.41) is 15.1. The lowest BCUT2D eigenvalue weighted by atomic mass is 10.0. The molecule has 2 aromatic heterocycles. The van der Waals surface area contributed by atoms with Gasteiger partial charge < -0.3 is 19.5 Å². The van der Waals surface area contributed by atoms with Gasteiger partial charge in [-0.1, -0.05) is 23.5 Å². The van der Waals surface area contributed by atoms with Crippen molar-refractivity contribution in [3.05, 3.63) is 65.3 Å². The Hall–Kier alpha value is -3.30. The molecule has 1 N–H and O–H groups in total. The van der Waals surface area contributed by atoms with Crippen LogP contribution in [0.25, 0.3) is 4.96 Å². The summed E-state index contributed by atoms with van der Waals surface area (Å²) in [4.78, 5) is 10.6. The van der Waals surface area contributed by atoms with Crippen molar-refractivity contribution in [2.45, 2.75) is 6.04 Å². The van der Waals surface area contributed by atoms with Crippen LogP contribution in [0.15, 0.2) is 54.9 Å². The number of aromatic hydroxyl groups is 1. The number of piperazine rings is 1. The van der Waals surface area contributed by atoms with E-state index in [4.69, 9.17) is 9.47 Å². The topological polar surface area (TPSA) is 75.4 Å². The average Bonchev–Trinajstić information content (AvgIpc) is 3.43. The van der Waals surface area contributed by atoms with E-state index < -0.39 is 0 Å². The number of nitrogens with zero attached hydrogens (tertiary/aromatic N) is 5. The van der Waals surface area contributed by atoms with Gasteiger partial charge in [-0.2, -0.15) is 9.61 Å². The molecule has 1 fully saturated rings. The second-order valence-electron chi connectivity index (χ2n) is 7.64. The lowest BCUT2D eigenvalue weighted by molar-refractivity contribution is 0.211. The molecule has 8 nitrogen and oxygen atoms in total. The number of methoxy groups -OCH3 is 2. The summed E-state index contributed by atoms with van der Waals surface area (Å²) in [6, 6.07) is 16.1. The van der Waals surface area contributed by atoms with Gasteiger partial charge in [-0.25, -0.2) is 4.98 Å². The highest BCUT2D eigenvalue weighted by Gasteiger charge is 2.31. The van der Waals surface area contributed by atoms with E-state index in [-0.39, 0.29) is 11.9 Å². The highest BCUT2D eigenvalue weighted by Crippen LogP contribution is 2.41. The Morgan fingerprint density at radius 3 is 2.41 bits per heavy atom. The first-order valence-corrected chi connectivity index (χ1v) is 11.3. The number of hydrogen-bond acceptors (Lipinski definition) is 8. The molecule has 1 saturated heterocycles.